The summed E-state index contributed by atoms with van der Waals surface area (Å²) < 4.78 is 32.2. The highest BCUT2D eigenvalue weighted by Gasteiger charge is 2.28. The summed E-state index contributed by atoms with van der Waals surface area (Å²) in [4.78, 5) is 0.203. The second-order valence-electron chi connectivity index (χ2n) is 4.86. The zero-order valence-electron chi connectivity index (χ0n) is 11.4. The van der Waals surface area contributed by atoms with Crippen molar-refractivity contribution < 1.29 is 13.2 Å². The van der Waals surface area contributed by atoms with Gasteiger partial charge < -0.3 is 10.5 Å². The van der Waals surface area contributed by atoms with Crippen molar-refractivity contribution in [2.45, 2.75) is 30.9 Å². The molecule has 1 aromatic carbocycles. The predicted molar refractivity (Wildman–Crippen MR) is 78.1 cm³/mol. The van der Waals surface area contributed by atoms with Gasteiger partial charge in [-0.3, -0.25) is 0 Å². The Morgan fingerprint density at radius 2 is 2.25 bits per heavy atom. The molecule has 0 radical (unpaired) electrons. The Bertz CT molecular complexity index is 577. The highest BCUT2D eigenvalue weighted by atomic mass is 35.5. The van der Waals surface area contributed by atoms with Crippen LogP contribution in [-0.2, 0) is 21.3 Å². The van der Waals surface area contributed by atoms with Crippen molar-refractivity contribution in [1.29, 1.82) is 0 Å². The van der Waals surface area contributed by atoms with Gasteiger partial charge in [0.05, 0.1) is 11.0 Å². The first-order valence-electron chi connectivity index (χ1n) is 6.55. The van der Waals surface area contributed by atoms with Gasteiger partial charge in [-0.05, 0) is 31.0 Å². The van der Waals surface area contributed by atoms with E-state index in [1.807, 2.05) is 6.92 Å². The monoisotopic (exact) mass is 318 g/mol. The van der Waals surface area contributed by atoms with Crippen molar-refractivity contribution in [3.63, 3.8) is 0 Å². The normalized spacial score (nSPS) is 21.6. The van der Waals surface area contributed by atoms with Gasteiger partial charge in [0.2, 0.25) is 10.0 Å². The fraction of sp³-hybridized carbons (Fsp3) is 0.538. The summed E-state index contributed by atoms with van der Waals surface area (Å²) in [7, 11) is -3.54. The molecular weight excluding hydrogens is 300 g/mol. The van der Waals surface area contributed by atoms with Crippen LogP contribution in [0.4, 0.5) is 0 Å². The zero-order chi connectivity index (χ0) is 14.8. The minimum absolute atomic E-state index is 0.105. The molecule has 112 valence electrons. The number of rotatable bonds is 3. The molecule has 0 bridgehead atoms. The third kappa shape index (κ3) is 3.32. The van der Waals surface area contributed by atoms with Crippen LogP contribution in [-0.4, -0.2) is 38.5 Å². The van der Waals surface area contributed by atoms with Gasteiger partial charge in [0.1, 0.15) is 0 Å². The lowest BCUT2D eigenvalue weighted by Gasteiger charge is -2.22. The quantitative estimate of drug-likeness (QED) is 0.918. The molecule has 2 N–H and O–H groups in total. The predicted octanol–water partition coefficient (Wildman–Crippen LogP) is 1.60. The molecule has 2 rings (SSSR count). The summed E-state index contributed by atoms with van der Waals surface area (Å²) in [6.45, 7) is 3.56. The van der Waals surface area contributed by atoms with Crippen LogP contribution in [0.1, 0.15) is 18.9 Å². The SMILES string of the molecule is CC1CN(S(=O)(=O)c2ccc(CN)c(Cl)c2)CCCO1. The van der Waals surface area contributed by atoms with Crippen molar-refractivity contribution in [2.24, 2.45) is 5.73 Å². The highest BCUT2D eigenvalue weighted by Crippen LogP contribution is 2.24. The molecular formula is C13H19ClN2O3S. The van der Waals surface area contributed by atoms with E-state index < -0.39 is 10.0 Å². The Balaban J connectivity index is 2.31. The molecule has 1 saturated heterocycles. The smallest absolute Gasteiger partial charge is 0.243 e. The van der Waals surface area contributed by atoms with Crippen molar-refractivity contribution >= 4 is 21.6 Å². The van der Waals surface area contributed by atoms with Gasteiger partial charge in [0, 0.05) is 31.3 Å². The summed E-state index contributed by atoms with van der Waals surface area (Å²) in [5.41, 5.74) is 6.27. The van der Waals surface area contributed by atoms with Crippen LogP contribution in [0.3, 0.4) is 0 Å². The van der Waals surface area contributed by atoms with Crippen molar-refractivity contribution in [1.82, 2.24) is 4.31 Å². The van der Waals surface area contributed by atoms with Crippen LogP contribution >= 0.6 is 11.6 Å². The van der Waals surface area contributed by atoms with E-state index in [-0.39, 0.29) is 17.5 Å². The maximum Gasteiger partial charge on any atom is 0.243 e. The Hall–Kier alpha value is -0.660. The standard InChI is InChI=1S/C13H19ClN2O3S/c1-10-9-16(5-2-6-19-10)20(17,18)12-4-3-11(8-15)13(14)7-12/h3-4,7,10H,2,5-6,8-9,15H2,1H3. The number of ether oxygens (including phenoxy) is 1. The van der Waals surface area contributed by atoms with Crippen molar-refractivity contribution in [3.8, 4) is 0 Å². The molecule has 1 unspecified atom stereocenters. The fourth-order valence-electron chi connectivity index (χ4n) is 2.18. The summed E-state index contributed by atoms with van der Waals surface area (Å²) in [6.07, 6.45) is 0.587. The molecule has 1 aromatic rings. The second-order valence-corrected chi connectivity index (χ2v) is 7.20. The number of nitrogens with zero attached hydrogens (tertiary/aromatic N) is 1. The number of nitrogens with two attached hydrogens (primary N) is 1. The van der Waals surface area contributed by atoms with E-state index in [9.17, 15) is 8.42 Å². The molecule has 1 atom stereocenters. The van der Waals surface area contributed by atoms with E-state index >= 15 is 0 Å². The van der Waals surface area contributed by atoms with E-state index in [2.05, 4.69) is 0 Å². The molecule has 0 aliphatic carbocycles. The van der Waals surface area contributed by atoms with Crippen LogP contribution in [0, 0.1) is 0 Å². The molecule has 0 saturated carbocycles. The molecule has 0 amide bonds. The first-order valence-corrected chi connectivity index (χ1v) is 8.37. The maximum absolute atomic E-state index is 12.6. The Labute approximate surface area is 124 Å². The van der Waals surface area contributed by atoms with Gasteiger partial charge in [-0.2, -0.15) is 4.31 Å². The lowest BCUT2D eigenvalue weighted by Crippen LogP contribution is -2.35. The Morgan fingerprint density at radius 3 is 2.90 bits per heavy atom. The lowest BCUT2D eigenvalue weighted by atomic mass is 10.2. The topological polar surface area (TPSA) is 72.6 Å². The number of halogens is 1. The van der Waals surface area contributed by atoms with Gasteiger partial charge in [0.15, 0.2) is 0 Å². The van der Waals surface area contributed by atoms with Gasteiger partial charge in [0.25, 0.3) is 0 Å². The van der Waals surface area contributed by atoms with Gasteiger partial charge >= 0.3 is 0 Å². The fourth-order valence-corrected chi connectivity index (χ4v) is 4.08. The summed E-state index contributed by atoms with van der Waals surface area (Å²) in [6, 6.07) is 4.68. The first kappa shape index (κ1) is 15.7. The largest absolute Gasteiger partial charge is 0.377 e. The van der Waals surface area contributed by atoms with E-state index in [4.69, 9.17) is 22.1 Å². The number of benzene rings is 1. The average molecular weight is 319 g/mol. The van der Waals surface area contributed by atoms with E-state index in [0.717, 1.165) is 5.56 Å². The Morgan fingerprint density at radius 1 is 1.50 bits per heavy atom. The summed E-state index contributed by atoms with van der Waals surface area (Å²) in [5, 5.41) is 0.382. The highest BCUT2D eigenvalue weighted by molar-refractivity contribution is 7.89. The van der Waals surface area contributed by atoms with E-state index in [1.54, 1.807) is 12.1 Å². The molecule has 1 heterocycles. The van der Waals surface area contributed by atoms with Crippen LogP contribution < -0.4 is 5.73 Å². The first-order chi connectivity index (χ1) is 9.45. The third-order valence-electron chi connectivity index (χ3n) is 3.30. The van der Waals surface area contributed by atoms with Crippen LogP contribution in [0.5, 0.6) is 0 Å². The van der Waals surface area contributed by atoms with Gasteiger partial charge in [-0.1, -0.05) is 17.7 Å². The summed E-state index contributed by atoms with van der Waals surface area (Å²) >= 11 is 6.05. The van der Waals surface area contributed by atoms with E-state index in [0.29, 0.717) is 31.1 Å². The summed E-state index contributed by atoms with van der Waals surface area (Å²) in [5.74, 6) is 0. The minimum Gasteiger partial charge on any atom is -0.377 e. The van der Waals surface area contributed by atoms with Crippen molar-refractivity contribution in [3.05, 3.63) is 28.8 Å². The minimum atomic E-state index is -3.54. The number of sulfonamides is 1. The maximum atomic E-state index is 12.6. The van der Waals surface area contributed by atoms with Crippen LogP contribution in [0.15, 0.2) is 23.1 Å². The average Bonchev–Trinajstić information content (AvgIpc) is 2.63. The lowest BCUT2D eigenvalue weighted by molar-refractivity contribution is 0.0752. The zero-order valence-corrected chi connectivity index (χ0v) is 13.0. The van der Waals surface area contributed by atoms with Crippen molar-refractivity contribution in [2.75, 3.05) is 19.7 Å². The second kappa shape index (κ2) is 6.41. The molecule has 1 aliphatic heterocycles. The van der Waals surface area contributed by atoms with Crippen LogP contribution in [0.2, 0.25) is 5.02 Å². The van der Waals surface area contributed by atoms with Gasteiger partial charge in [-0.15, -0.1) is 0 Å². The Kier molecular flexibility index (Phi) is 5.04. The molecule has 20 heavy (non-hydrogen) atoms. The number of hydrogen-bond donors (Lipinski definition) is 1. The van der Waals surface area contributed by atoms with Crippen LogP contribution in [0.25, 0.3) is 0 Å². The molecule has 5 nitrogen and oxygen atoms in total. The molecule has 1 aliphatic rings. The van der Waals surface area contributed by atoms with Gasteiger partial charge in [-0.25, -0.2) is 8.42 Å². The molecule has 0 spiro atoms. The van der Waals surface area contributed by atoms with E-state index in [1.165, 1.54) is 10.4 Å². The molecule has 7 heteroatoms. The third-order valence-corrected chi connectivity index (χ3v) is 5.51. The molecule has 0 aromatic heterocycles. The molecule has 1 fully saturated rings. The number of hydrogen-bond acceptors (Lipinski definition) is 4.